The van der Waals surface area contributed by atoms with E-state index < -0.39 is 5.41 Å². The first-order chi connectivity index (χ1) is 23.1. The Morgan fingerprint density at radius 3 is 2.30 bits per heavy atom. The lowest BCUT2D eigenvalue weighted by Crippen LogP contribution is -2.36. The number of rotatable bonds is 6. The minimum atomic E-state index is -0.561. The summed E-state index contributed by atoms with van der Waals surface area (Å²) in [6.45, 7) is 6.10. The van der Waals surface area contributed by atoms with Crippen LogP contribution in [0.1, 0.15) is 53.0 Å². The van der Waals surface area contributed by atoms with Crippen LogP contribution in [0.2, 0.25) is 0 Å². The number of benzene rings is 5. The van der Waals surface area contributed by atoms with Crippen molar-refractivity contribution in [2.75, 3.05) is 5.73 Å². The zero-order chi connectivity index (χ0) is 32.0. The van der Waals surface area contributed by atoms with Gasteiger partial charge in [-0.2, -0.15) is 0 Å². The molecule has 0 fully saturated rings. The maximum Gasteiger partial charge on any atom is 0.0671 e. The molecule has 1 nitrogen and oxygen atoms in total. The van der Waals surface area contributed by atoms with Gasteiger partial charge in [0.25, 0.3) is 0 Å². The summed E-state index contributed by atoms with van der Waals surface area (Å²) in [5.74, 6) is 0.198. The standard InChI is InChI=1S/C46H39N/c1-3-4-5-6-21-38-35-19-9-7-16-32(35)26-28-42(38)46(43-29-27-33-17-8-10-20-37(33)45(43)47)41-25-12-11-22-39(41)40-24-14-23-36(44(40)46)34-18-13-15-31(2)30-34/h3-11,13-22,24,26-30,36H,1,12,23,25,47H2,2H3/b5-4-,21-6-. The second-order valence-corrected chi connectivity index (χ2v) is 13.0. The molecule has 0 saturated carbocycles. The fourth-order valence-corrected chi connectivity index (χ4v) is 8.55. The highest BCUT2D eigenvalue weighted by atomic mass is 14.6. The zero-order valence-electron chi connectivity index (χ0n) is 26.9. The molecular weight excluding hydrogens is 567 g/mol. The fourth-order valence-electron chi connectivity index (χ4n) is 8.55. The van der Waals surface area contributed by atoms with E-state index in [1.807, 2.05) is 12.2 Å². The van der Waals surface area contributed by atoms with Crippen LogP contribution in [0.3, 0.4) is 0 Å². The molecule has 0 radical (unpaired) electrons. The van der Waals surface area contributed by atoms with Crippen molar-refractivity contribution in [3.05, 3.63) is 202 Å². The maximum absolute atomic E-state index is 7.45. The summed E-state index contributed by atoms with van der Waals surface area (Å²) in [6, 6.07) is 35.8. The van der Waals surface area contributed by atoms with Crippen LogP contribution in [0.5, 0.6) is 0 Å². The Morgan fingerprint density at radius 2 is 1.49 bits per heavy atom. The second kappa shape index (κ2) is 11.8. The fraction of sp³-hybridized carbons (Fsp3) is 0.130. The molecule has 2 N–H and O–H groups in total. The van der Waals surface area contributed by atoms with Gasteiger partial charge >= 0.3 is 0 Å². The van der Waals surface area contributed by atoms with E-state index in [4.69, 9.17) is 5.73 Å². The van der Waals surface area contributed by atoms with Gasteiger partial charge in [-0.25, -0.2) is 0 Å². The molecule has 3 aliphatic rings. The van der Waals surface area contributed by atoms with Crippen LogP contribution < -0.4 is 5.73 Å². The summed E-state index contributed by atoms with van der Waals surface area (Å²) < 4.78 is 0. The molecule has 0 saturated heterocycles. The summed E-state index contributed by atoms with van der Waals surface area (Å²) in [5, 5.41) is 4.75. The maximum atomic E-state index is 7.45. The van der Waals surface area contributed by atoms with E-state index in [0.717, 1.165) is 30.3 Å². The first-order valence-electron chi connectivity index (χ1n) is 16.8. The van der Waals surface area contributed by atoms with Crippen LogP contribution in [0.25, 0.3) is 27.6 Å². The number of hydrogen-bond acceptors (Lipinski definition) is 1. The van der Waals surface area contributed by atoms with E-state index >= 15 is 0 Å². The first kappa shape index (κ1) is 29.0. The number of anilines is 1. The van der Waals surface area contributed by atoms with Gasteiger partial charge in [-0.1, -0.05) is 164 Å². The predicted octanol–water partition coefficient (Wildman–Crippen LogP) is 11.6. The van der Waals surface area contributed by atoms with E-state index in [2.05, 4.69) is 153 Å². The number of allylic oxidation sites excluding steroid dienone is 12. The van der Waals surface area contributed by atoms with Gasteiger partial charge in [0.05, 0.1) is 5.41 Å². The Kier molecular flexibility index (Phi) is 7.26. The van der Waals surface area contributed by atoms with Crippen LogP contribution in [0.4, 0.5) is 5.69 Å². The second-order valence-electron chi connectivity index (χ2n) is 13.0. The van der Waals surface area contributed by atoms with Gasteiger partial charge in [-0.15, -0.1) is 0 Å². The molecule has 0 amide bonds. The van der Waals surface area contributed by atoms with Crippen molar-refractivity contribution in [2.45, 2.75) is 37.5 Å². The SMILES string of the molecule is C=C/C=C\C=C/c1c(C2(c3ccc4ccccc4c3N)C3=C(C=CCC3)C3=C2C(c2cccc(C)c2)CC=C3)ccc2ccccc12. The van der Waals surface area contributed by atoms with E-state index in [1.54, 1.807) is 0 Å². The van der Waals surface area contributed by atoms with Gasteiger partial charge in [0.2, 0.25) is 0 Å². The van der Waals surface area contributed by atoms with Crippen LogP contribution >= 0.6 is 0 Å². The molecule has 8 rings (SSSR count). The van der Waals surface area contributed by atoms with E-state index in [-0.39, 0.29) is 5.92 Å². The largest absolute Gasteiger partial charge is 0.398 e. The van der Waals surface area contributed by atoms with E-state index in [1.165, 1.54) is 66.3 Å². The van der Waals surface area contributed by atoms with Gasteiger partial charge in [-0.3, -0.25) is 0 Å². The quantitative estimate of drug-likeness (QED) is 0.151. The zero-order valence-corrected chi connectivity index (χ0v) is 26.9. The highest BCUT2D eigenvalue weighted by Gasteiger charge is 2.53. The minimum absolute atomic E-state index is 0.198. The van der Waals surface area contributed by atoms with Gasteiger partial charge in [0.1, 0.15) is 0 Å². The monoisotopic (exact) mass is 605 g/mol. The molecule has 0 aliphatic heterocycles. The lowest BCUT2D eigenvalue weighted by Gasteiger charge is -2.43. The number of fused-ring (bicyclic) bond motifs is 3. The number of nitrogen functional groups attached to an aromatic ring is 1. The highest BCUT2D eigenvalue weighted by molar-refractivity contribution is 5.99. The average Bonchev–Trinajstić information content (AvgIpc) is 3.41. The summed E-state index contributed by atoms with van der Waals surface area (Å²) in [6.07, 6.45) is 22.8. The molecule has 2 atom stereocenters. The van der Waals surface area contributed by atoms with Crippen molar-refractivity contribution in [3.8, 4) is 0 Å². The predicted molar refractivity (Wildman–Crippen MR) is 202 cm³/mol. The van der Waals surface area contributed by atoms with Gasteiger partial charge in [0, 0.05) is 17.0 Å². The highest BCUT2D eigenvalue weighted by Crippen LogP contribution is 2.63. The van der Waals surface area contributed by atoms with E-state index in [9.17, 15) is 0 Å². The average molecular weight is 606 g/mol. The molecule has 0 bridgehead atoms. The van der Waals surface area contributed by atoms with Crippen molar-refractivity contribution >= 4 is 33.3 Å². The van der Waals surface area contributed by atoms with Gasteiger partial charge < -0.3 is 5.73 Å². The summed E-state index contributed by atoms with van der Waals surface area (Å²) in [4.78, 5) is 0. The number of hydrogen-bond donors (Lipinski definition) is 1. The number of aryl methyl sites for hydroxylation is 1. The Labute approximate surface area is 278 Å². The molecule has 5 aromatic rings. The van der Waals surface area contributed by atoms with Crippen LogP contribution in [-0.4, -0.2) is 0 Å². The minimum Gasteiger partial charge on any atom is -0.398 e. The Hall–Kier alpha value is -5.40. The van der Waals surface area contributed by atoms with Crippen molar-refractivity contribution in [3.63, 3.8) is 0 Å². The molecule has 1 heteroatoms. The third kappa shape index (κ3) is 4.53. The molecular formula is C46H39N. The molecule has 2 unspecified atom stereocenters. The van der Waals surface area contributed by atoms with Crippen molar-refractivity contribution < 1.29 is 0 Å². The van der Waals surface area contributed by atoms with Crippen molar-refractivity contribution in [1.29, 1.82) is 0 Å². The van der Waals surface area contributed by atoms with Gasteiger partial charge in [0.15, 0.2) is 0 Å². The summed E-state index contributed by atoms with van der Waals surface area (Å²) in [5.41, 5.74) is 19.8. The van der Waals surface area contributed by atoms with Gasteiger partial charge in [-0.05, 0) is 86.9 Å². The molecule has 0 heterocycles. The molecule has 3 aliphatic carbocycles. The molecule has 5 aromatic carbocycles. The lowest BCUT2D eigenvalue weighted by atomic mass is 9.58. The topological polar surface area (TPSA) is 26.0 Å². The third-order valence-electron chi connectivity index (χ3n) is 10.4. The van der Waals surface area contributed by atoms with Crippen LogP contribution in [-0.2, 0) is 5.41 Å². The van der Waals surface area contributed by atoms with E-state index in [0.29, 0.717) is 0 Å². The third-order valence-corrected chi connectivity index (χ3v) is 10.4. The molecule has 228 valence electrons. The van der Waals surface area contributed by atoms with Crippen LogP contribution in [0, 0.1) is 6.92 Å². The van der Waals surface area contributed by atoms with Crippen LogP contribution in [0.15, 0.2) is 175 Å². The lowest BCUT2D eigenvalue weighted by molar-refractivity contribution is 0.606. The summed E-state index contributed by atoms with van der Waals surface area (Å²) >= 11 is 0. The van der Waals surface area contributed by atoms with Crippen molar-refractivity contribution in [2.24, 2.45) is 0 Å². The summed E-state index contributed by atoms with van der Waals surface area (Å²) in [7, 11) is 0. The number of nitrogens with two attached hydrogens (primary N) is 1. The Bertz CT molecular complexity index is 2270. The molecule has 0 aromatic heterocycles. The Morgan fingerprint density at radius 1 is 0.745 bits per heavy atom. The smallest absolute Gasteiger partial charge is 0.0671 e. The molecule has 47 heavy (non-hydrogen) atoms. The normalized spacial score (nSPS) is 20.6. The Balaban J connectivity index is 1.56. The molecule has 0 spiro atoms. The van der Waals surface area contributed by atoms with Crippen molar-refractivity contribution in [1.82, 2.24) is 0 Å². The first-order valence-corrected chi connectivity index (χ1v) is 16.8.